The molecule has 1 saturated heterocycles. The fourth-order valence-corrected chi connectivity index (χ4v) is 2.40. The third-order valence-electron chi connectivity index (χ3n) is 4.51. The van der Waals surface area contributed by atoms with Gasteiger partial charge in [-0.05, 0) is 45.4 Å². The van der Waals surface area contributed by atoms with Crippen molar-refractivity contribution < 1.29 is 23.2 Å². The van der Waals surface area contributed by atoms with Gasteiger partial charge < -0.3 is 14.0 Å². The van der Waals surface area contributed by atoms with Gasteiger partial charge >= 0.3 is 13.1 Å². The van der Waals surface area contributed by atoms with Crippen molar-refractivity contribution in [2.24, 2.45) is 0 Å². The van der Waals surface area contributed by atoms with E-state index in [1.807, 2.05) is 27.7 Å². The molecule has 0 saturated carbocycles. The summed E-state index contributed by atoms with van der Waals surface area (Å²) in [6, 6.07) is 6.03. The van der Waals surface area contributed by atoms with E-state index in [9.17, 15) is 9.18 Å². The molecule has 2 rings (SSSR count). The van der Waals surface area contributed by atoms with Crippen LogP contribution < -0.4 is 0 Å². The van der Waals surface area contributed by atoms with E-state index in [4.69, 9.17) is 14.0 Å². The average Bonchev–Trinajstić information content (AvgIpc) is 2.65. The van der Waals surface area contributed by atoms with Crippen LogP contribution in [0.1, 0.15) is 45.5 Å². The molecule has 1 heterocycles. The van der Waals surface area contributed by atoms with Crippen molar-refractivity contribution >= 4 is 13.1 Å². The van der Waals surface area contributed by atoms with Crippen LogP contribution in [0.15, 0.2) is 24.3 Å². The normalized spacial score (nSPS) is 20.7. The van der Waals surface area contributed by atoms with Crippen molar-refractivity contribution in [2.45, 2.75) is 51.1 Å². The molecule has 0 aromatic heterocycles. The lowest BCUT2D eigenvalue weighted by atomic mass is 9.66. The van der Waals surface area contributed by atoms with Crippen LogP contribution in [0.4, 0.5) is 4.39 Å². The highest BCUT2D eigenvalue weighted by molar-refractivity contribution is 6.48. The largest absolute Gasteiger partial charge is 0.469 e. The number of carbonyl (C=O) groups excluding carboxylic acids is 1. The zero-order valence-electron chi connectivity index (χ0n) is 13.7. The summed E-state index contributed by atoms with van der Waals surface area (Å²) >= 11 is 0. The van der Waals surface area contributed by atoms with E-state index in [-0.39, 0.29) is 24.0 Å². The minimum atomic E-state index is -0.588. The monoisotopic (exact) mass is 308 g/mol. The quantitative estimate of drug-likeness (QED) is 0.633. The molecule has 1 aromatic rings. The highest BCUT2D eigenvalue weighted by Crippen LogP contribution is 2.41. The Balaban J connectivity index is 2.29. The molecule has 0 spiro atoms. The first-order valence-electron chi connectivity index (χ1n) is 7.34. The zero-order valence-corrected chi connectivity index (χ0v) is 13.7. The SMILES string of the molecule is COC(=O)CC(B1OC(C)(C)C(C)(C)O1)c1ccc(F)cc1. The maximum Gasteiger partial charge on any atom is 0.466 e. The Hall–Kier alpha value is -1.40. The van der Waals surface area contributed by atoms with Gasteiger partial charge in [-0.3, -0.25) is 4.79 Å². The van der Waals surface area contributed by atoms with Crippen molar-refractivity contribution in [3.05, 3.63) is 35.6 Å². The number of halogens is 1. The lowest BCUT2D eigenvalue weighted by Crippen LogP contribution is -2.41. The highest BCUT2D eigenvalue weighted by Gasteiger charge is 2.54. The summed E-state index contributed by atoms with van der Waals surface area (Å²) < 4.78 is 30.0. The molecule has 1 aliphatic rings. The molecule has 0 bridgehead atoms. The molecule has 1 aromatic carbocycles. The molecule has 0 radical (unpaired) electrons. The van der Waals surface area contributed by atoms with Crippen LogP contribution in [0.2, 0.25) is 0 Å². The van der Waals surface area contributed by atoms with Gasteiger partial charge in [0.05, 0.1) is 24.7 Å². The minimum Gasteiger partial charge on any atom is -0.469 e. The van der Waals surface area contributed by atoms with Crippen LogP contribution >= 0.6 is 0 Å². The summed E-state index contributed by atoms with van der Waals surface area (Å²) in [6.45, 7) is 7.81. The Bertz CT molecular complexity index is 526. The number of benzene rings is 1. The summed E-state index contributed by atoms with van der Waals surface area (Å²) in [5.41, 5.74) is -0.205. The van der Waals surface area contributed by atoms with Crippen LogP contribution in [0.25, 0.3) is 0 Å². The number of rotatable bonds is 4. The van der Waals surface area contributed by atoms with Gasteiger partial charge in [-0.1, -0.05) is 12.1 Å². The van der Waals surface area contributed by atoms with Gasteiger partial charge in [0.25, 0.3) is 0 Å². The van der Waals surface area contributed by atoms with Crippen molar-refractivity contribution in [1.82, 2.24) is 0 Å². The zero-order chi connectivity index (χ0) is 16.5. The van der Waals surface area contributed by atoms with Crippen LogP contribution in [0.5, 0.6) is 0 Å². The molecule has 22 heavy (non-hydrogen) atoms. The standard InChI is InChI=1S/C16H22BFO4/c1-15(2)16(3,4)22-17(21-15)13(10-14(19)20-5)11-6-8-12(18)9-7-11/h6-9,13H,10H2,1-5H3. The molecule has 1 unspecified atom stereocenters. The number of carbonyl (C=O) groups is 1. The molecule has 1 fully saturated rings. The molecule has 1 atom stereocenters. The van der Waals surface area contributed by atoms with Gasteiger partial charge in [-0.25, -0.2) is 4.39 Å². The van der Waals surface area contributed by atoms with Crippen molar-refractivity contribution in [3.8, 4) is 0 Å². The van der Waals surface area contributed by atoms with Crippen LogP contribution in [-0.4, -0.2) is 31.4 Å². The molecular weight excluding hydrogens is 286 g/mol. The predicted octanol–water partition coefficient (Wildman–Crippen LogP) is 3.10. The first-order chi connectivity index (χ1) is 10.2. The fourth-order valence-electron chi connectivity index (χ4n) is 2.40. The highest BCUT2D eigenvalue weighted by atomic mass is 19.1. The summed E-state index contributed by atoms with van der Waals surface area (Å²) in [5, 5.41) is 0. The van der Waals surface area contributed by atoms with Gasteiger partial charge in [0.1, 0.15) is 5.82 Å². The molecule has 1 aliphatic heterocycles. The summed E-state index contributed by atoms with van der Waals surface area (Å²) in [5.74, 6) is -1.03. The lowest BCUT2D eigenvalue weighted by molar-refractivity contribution is -0.140. The Morgan fingerprint density at radius 2 is 1.68 bits per heavy atom. The van der Waals surface area contributed by atoms with Gasteiger partial charge in [-0.2, -0.15) is 0 Å². The van der Waals surface area contributed by atoms with Gasteiger partial charge in [0.15, 0.2) is 0 Å². The maximum atomic E-state index is 13.1. The number of hydrogen-bond donors (Lipinski definition) is 0. The van der Waals surface area contributed by atoms with E-state index in [2.05, 4.69) is 0 Å². The smallest absolute Gasteiger partial charge is 0.466 e. The summed E-state index contributed by atoms with van der Waals surface area (Å²) in [6.07, 6.45) is 0.110. The average molecular weight is 308 g/mol. The Kier molecular flexibility index (Phi) is 4.63. The Labute approximate surface area is 131 Å². The fraction of sp³-hybridized carbons (Fsp3) is 0.562. The number of ether oxygens (including phenoxy) is 1. The maximum absolute atomic E-state index is 13.1. The van der Waals surface area contributed by atoms with E-state index in [0.29, 0.717) is 0 Å². The van der Waals surface area contributed by atoms with Crippen molar-refractivity contribution in [1.29, 1.82) is 0 Å². The topological polar surface area (TPSA) is 44.8 Å². The molecule has 120 valence electrons. The third kappa shape index (κ3) is 3.33. The number of hydrogen-bond acceptors (Lipinski definition) is 4. The molecule has 6 heteroatoms. The van der Waals surface area contributed by atoms with E-state index in [1.54, 1.807) is 12.1 Å². The third-order valence-corrected chi connectivity index (χ3v) is 4.51. The molecule has 0 N–H and O–H groups in total. The number of esters is 1. The van der Waals surface area contributed by atoms with Crippen molar-refractivity contribution in [3.63, 3.8) is 0 Å². The van der Waals surface area contributed by atoms with Crippen LogP contribution in [0.3, 0.4) is 0 Å². The molecule has 0 amide bonds. The van der Waals surface area contributed by atoms with E-state index < -0.39 is 18.3 Å². The van der Waals surface area contributed by atoms with Gasteiger partial charge in [-0.15, -0.1) is 0 Å². The predicted molar refractivity (Wildman–Crippen MR) is 81.9 cm³/mol. The Morgan fingerprint density at radius 3 is 2.14 bits per heavy atom. The van der Waals surface area contributed by atoms with E-state index in [1.165, 1.54) is 19.2 Å². The Morgan fingerprint density at radius 1 is 1.18 bits per heavy atom. The first-order valence-corrected chi connectivity index (χ1v) is 7.34. The van der Waals surface area contributed by atoms with E-state index >= 15 is 0 Å². The second kappa shape index (κ2) is 6.01. The van der Waals surface area contributed by atoms with Gasteiger partial charge in [0.2, 0.25) is 0 Å². The first kappa shape index (κ1) is 17.0. The van der Waals surface area contributed by atoms with Crippen molar-refractivity contribution in [2.75, 3.05) is 7.11 Å². The minimum absolute atomic E-state index is 0.110. The lowest BCUT2D eigenvalue weighted by Gasteiger charge is -2.32. The number of methoxy groups -OCH3 is 1. The van der Waals surface area contributed by atoms with E-state index in [0.717, 1.165) is 5.56 Å². The molecule has 0 aliphatic carbocycles. The molecular formula is C16H22BFO4. The van der Waals surface area contributed by atoms with Gasteiger partial charge in [0, 0.05) is 5.82 Å². The summed E-state index contributed by atoms with van der Waals surface area (Å²) in [7, 11) is 0.753. The van der Waals surface area contributed by atoms with Crippen LogP contribution in [0, 0.1) is 5.82 Å². The second-order valence-corrected chi connectivity index (χ2v) is 6.56. The second-order valence-electron chi connectivity index (χ2n) is 6.56. The van der Waals surface area contributed by atoms with Crippen LogP contribution in [-0.2, 0) is 18.8 Å². The summed E-state index contributed by atoms with van der Waals surface area (Å²) in [4.78, 5) is 11.7. The molecule has 4 nitrogen and oxygen atoms in total.